The molecule has 0 N–H and O–H groups in total. The second-order valence-corrected chi connectivity index (χ2v) is 6.20. The van der Waals surface area contributed by atoms with E-state index in [1.807, 2.05) is 0 Å². The molecule has 2 heterocycles. The van der Waals surface area contributed by atoms with Crippen LogP contribution in [0.4, 0.5) is 10.1 Å². The van der Waals surface area contributed by atoms with Crippen LogP contribution in [0.2, 0.25) is 5.15 Å². The highest BCUT2D eigenvalue weighted by molar-refractivity contribution is 6.32. The third kappa shape index (κ3) is 3.39. The summed E-state index contributed by atoms with van der Waals surface area (Å²) in [7, 11) is 1.12. The maximum absolute atomic E-state index is 14.7. The number of carbonyl (C=O) groups is 1. The van der Waals surface area contributed by atoms with Crippen LogP contribution in [0.15, 0.2) is 16.9 Å². The molecule has 0 radical (unpaired) electrons. The predicted molar refractivity (Wildman–Crippen MR) is 92.5 cm³/mol. The van der Waals surface area contributed by atoms with Gasteiger partial charge in [0.2, 0.25) is 5.75 Å². The summed E-state index contributed by atoms with van der Waals surface area (Å²) in [4.78, 5) is 34.4. The first-order chi connectivity index (χ1) is 12.8. The first-order valence-electron chi connectivity index (χ1n) is 8.02. The zero-order valence-corrected chi connectivity index (χ0v) is 15.0. The predicted octanol–water partition coefficient (Wildman–Crippen LogP) is 2.36. The van der Waals surface area contributed by atoms with Gasteiger partial charge in [-0.15, -0.1) is 0 Å². The molecule has 0 atom stereocenters. The molecule has 27 heavy (non-hydrogen) atoms. The lowest BCUT2D eigenvalue weighted by atomic mass is 10.1. The van der Waals surface area contributed by atoms with Gasteiger partial charge in [0, 0.05) is 30.8 Å². The number of benzene rings is 1. The van der Waals surface area contributed by atoms with Gasteiger partial charge in [0.1, 0.15) is 11.0 Å². The monoisotopic (exact) mass is 399 g/mol. The summed E-state index contributed by atoms with van der Waals surface area (Å²) in [6, 6.07) is 1.64. The Hall–Kier alpha value is -2.88. The molecule has 0 unspecified atom stereocenters. The number of nitrogens with zero attached hydrogens (tertiary/aromatic N) is 3. The van der Waals surface area contributed by atoms with Crippen molar-refractivity contribution >= 4 is 23.3 Å². The van der Waals surface area contributed by atoms with Crippen molar-refractivity contribution in [3.8, 4) is 16.9 Å². The van der Waals surface area contributed by atoms with Gasteiger partial charge in [-0.2, -0.15) is 0 Å². The van der Waals surface area contributed by atoms with Gasteiger partial charge in [0.25, 0.3) is 5.56 Å². The first-order valence-corrected chi connectivity index (χ1v) is 8.40. The molecule has 1 aliphatic heterocycles. The number of fused-ring (bicyclic) bond motifs is 1. The normalized spacial score (nSPS) is 13.1. The third-order valence-electron chi connectivity index (χ3n) is 4.25. The van der Waals surface area contributed by atoms with Crippen LogP contribution in [0.3, 0.4) is 0 Å². The number of rotatable bonds is 5. The van der Waals surface area contributed by atoms with E-state index in [1.165, 1.54) is 9.36 Å². The number of nitro groups is 1. The molecule has 3 rings (SSSR count). The summed E-state index contributed by atoms with van der Waals surface area (Å²) in [5, 5.41) is 11.4. The van der Waals surface area contributed by atoms with Crippen molar-refractivity contribution in [2.45, 2.75) is 25.9 Å². The van der Waals surface area contributed by atoms with E-state index in [0.29, 0.717) is 13.1 Å². The number of esters is 1. The Bertz CT molecular complexity index is 984. The van der Waals surface area contributed by atoms with Crippen molar-refractivity contribution < 1.29 is 23.6 Å². The van der Waals surface area contributed by atoms with E-state index in [0.717, 1.165) is 32.1 Å². The maximum Gasteiger partial charge on any atom is 0.343 e. The van der Waals surface area contributed by atoms with Crippen LogP contribution in [0.5, 0.6) is 5.75 Å². The van der Waals surface area contributed by atoms with Crippen molar-refractivity contribution in [2.24, 2.45) is 0 Å². The fraction of sp³-hybridized carbons (Fsp3) is 0.375. The standard InChI is InChI=1S/C16H15ClFN3O6/c1-26-13(22)8-27-12-7-10(18)9(6-11(12)21(24)25)14-15(17)19-4-2-3-5-20(19)16(14)23/h6-7H,2-5,8H2,1H3. The second kappa shape index (κ2) is 7.39. The molecule has 2 aromatic rings. The average Bonchev–Trinajstić information content (AvgIpc) is 2.90. The van der Waals surface area contributed by atoms with Gasteiger partial charge in [-0.1, -0.05) is 11.6 Å². The highest BCUT2D eigenvalue weighted by atomic mass is 35.5. The van der Waals surface area contributed by atoms with E-state index in [9.17, 15) is 24.1 Å². The molecule has 0 bridgehead atoms. The number of aromatic nitrogens is 2. The zero-order valence-electron chi connectivity index (χ0n) is 14.2. The van der Waals surface area contributed by atoms with Gasteiger partial charge in [-0.05, 0) is 12.8 Å². The summed E-state index contributed by atoms with van der Waals surface area (Å²) in [6.45, 7) is 0.306. The molecule has 9 nitrogen and oxygen atoms in total. The van der Waals surface area contributed by atoms with Crippen molar-refractivity contribution in [1.82, 2.24) is 9.36 Å². The molecule has 0 saturated heterocycles. The van der Waals surface area contributed by atoms with Gasteiger partial charge in [-0.3, -0.25) is 19.6 Å². The molecule has 1 aliphatic rings. The minimum absolute atomic E-state index is 0.0242. The highest BCUT2D eigenvalue weighted by Gasteiger charge is 2.28. The number of nitro benzene ring substituents is 1. The van der Waals surface area contributed by atoms with Gasteiger partial charge in [-0.25, -0.2) is 13.9 Å². The molecule has 1 aromatic carbocycles. The Labute approximate surface area is 157 Å². The lowest BCUT2D eigenvalue weighted by Gasteiger charge is -2.17. The number of ether oxygens (including phenoxy) is 2. The number of methoxy groups -OCH3 is 1. The lowest BCUT2D eigenvalue weighted by molar-refractivity contribution is -0.385. The van der Waals surface area contributed by atoms with Crippen molar-refractivity contribution in [1.29, 1.82) is 0 Å². The van der Waals surface area contributed by atoms with Crippen LogP contribution in [0, 0.1) is 15.9 Å². The highest BCUT2D eigenvalue weighted by Crippen LogP contribution is 2.37. The van der Waals surface area contributed by atoms with Crippen LogP contribution in [0.1, 0.15) is 12.8 Å². The molecule has 144 valence electrons. The van der Waals surface area contributed by atoms with Crippen molar-refractivity contribution in [3.63, 3.8) is 0 Å². The summed E-state index contributed by atoms with van der Waals surface area (Å²) < 4.78 is 27.0. The van der Waals surface area contributed by atoms with Gasteiger partial charge in [0.15, 0.2) is 6.61 Å². The largest absolute Gasteiger partial charge is 0.475 e. The molecule has 11 heteroatoms. The summed E-state index contributed by atoms with van der Waals surface area (Å²) in [6.07, 6.45) is 1.60. The minimum atomic E-state index is -0.928. The van der Waals surface area contributed by atoms with Crippen molar-refractivity contribution in [2.75, 3.05) is 13.7 Å². The van der Waals surface area contributed by atoms with E-state index in [2.05, 4.69) is 4.74 Å². The Morgan fingerprint density at radius 2 is 2.00 bits per heavy atom. The molecular formula is C16H15ClFN3O6. The second-order valence-electron chi connectivity index (χ2n) is 5.85. The van der Waals surface area contributed by atoms with Crippen molar-refractivity contribution in [3.05, 3.63) is 43.6 Å². The first kappa shape index (κ1) is 18.9. The topological polar surface area (TPSA) is 106 Å². The fourth-order valence-corrected chi connectivity index (χ4v) is 3.30. The van der Waals surface area contributed by atoms with Gasteiger partial charge >= 0.3 is 11.7 Å². The fourth-order valence-electron chi connectivity index (χ4n) is 2.94. The van der Waals surface area contributed by atoms with Crippen LogP contribution >= 0.6 is 11.6 Å². The SMILES string of the molecule is COC(=O)COc1cc(F)c(-c2c(Cl)n3n(c2=O)CCCC3)cc1[N+](=O)[O-]. The molecule has 0 aliphatic carbocycles. The molecule has 0 spiro atoms. The Morgan fingerprint density at radius 3 is 2.59 bits per heavy atom. The maximum atomic E-state index is 14.7. The lowest BCUT2D eigenvalue weighted by Crippen LogP contribution is -2.27. The molecule has 0 fully saturated rings. The van der Waals surface area contributed by atoms with E-state index in [4.69, 9.17) is 16.3 Å². The van der Waals surface area contributed by atoms with Crippen LogP contribution < -0.4 is 10.3 Å². The molecule has 0 amide bonds. The van der Waals surface area contributed by atoms with Gasteiger partial charge < -0.3 is 9.47 Å². The number of halogens is 2. The smallest absolute Gasteiger partial charge is 0.343 e. The molecule has 0 saturated carbocycles. The van der Waals surface area contributed by atoms with Crippen LogP contribution in [-0.4, -0.2) is 34.0 Å². The summed E-state index contributed by atoms with van der Waals surface area (Å²) >= 11 is 6.26. The minimum Gasteiger partial charge on any atom is -0.475 e. The Balaban J connectivity index is 2.11. The van der Waals surface area contributed by atoms with Gasteiger partial charge in [0.05, 0.1) is 17.6 Å². The van der Waals surface area contributed by atoms with E-state index < -0.39 is 40.3 Å². The number of hydrogen-bond acceptors (Lipinski definition) is 6. The number of hydrogen-bond donors (Lipinski definition) is 0. The molecule has 1 aromatic heterocycles. The average molecular weight is 400 g/mol. The summed E-state index contributed by atoms with van der Waals surface area (Å²) in [5.74, 6) is -2.16. The number of carbonyl (C=O) groups excluding carboxylic acids is 1. The Morgan fingerprint density at radius 1 is 1.33 bits per heavy atom. The Kier molecular flexibility index (Phi) is 5.17. The quantitative estimate of drug-likeness (QED) is 0.434. The third-order valence-corrected chi connectivity index (χ3v) is 4.63. The van der Waals surface area contributed by atoms with Crippen LogP contribution in [0.25, 0.3) is 11.1 Å². The summed E-state index contributed by atoms with van der Waals surface area (Å²) in [5.41, 5.74) is -1.55. The molecular weight excluding hydrogens is 385 g/mol. The zero-order chi connectivity index (χ0) is 19.7. The van der Waals surface area contributed by atoms with Crippen LogP contribution in [-0.2, 0) is 22.6 Å². The van der Waals surface area contributed by atoms with E-state index in [1.54, 1.807) is 0 Å². The van der Waals surface area contributed by atoms with E-state index in [-0.39, 0.29) is 16.3 Å². The van der Waals surface area contributed by atoms with E-state index >= 15 is 0 Å².